The number of nitrogens with one attached hydrogen (secondary N) is 1. The summed E-state index contributed by atoms with van der Waals surface area (Å²) >= 11 is 0. The van der Waals surface area contributed by atoms with Crippen molar-refractivity contribution in [2.75, 3.05) is 5.43 Å². The van der Waals surface area contributed by atoms with E-state index in [2.05, 4.69) is 20.4 Å². The summed E-state index contributed by atoms with van der Waals surface area (Å²) in [4.78, 5) is 12.1. The highest BCUT2D eigenvalue weighted by Crippen LogP contribution is 2.37. The molecule has 0 amide bonds. The second kappa shape index (κ2) is 7.00. The summed E-state index contributed by atoms with van der Waals surface area (Å²) in [6, 6.07) is 2.82. The van der Waals surface area contributed by atoms with Crippen LogP contribution >= 0.6 is 0 Å². The van der Waals surface area contributed by atoms with Gasteiger partial charge in [0.05, 0.1) is 6.33 Å². The minimum absolute atomic E-state index is 0.0109. The third kappa shape index (κ3) is 2.87. The Kier molecular flexibility index (Phi) is 4.64. The predicted octanol–water partition coefficient (Wildman–Crippen LogP) is -0.257. The van der Waals surface area contributed by atoms with E-state index in [1.165, 1.54) is 17.2 Å². The zero-order valence-corrected chi connectivity index (χ0v) is 14.1. The lowest BCUT2D eigenvalue weighted by Crippen LogP contribution is -2.34. The van der Waals surface area contributed by atoms with Crippen molar-refractivity contribution in [3.63, 3.8) is 0 Å². The first-order valence-electron chi connectivity index (χ1n) is 8.21. The molecule has 4 rings (SSSR count). The maximum absolute atomic E-state index is 13.5. The van der Waals surface area contributed by atoms with E-state index < -0.39 is 42.3 Å². The molecule has 3 heterocycles. The van der Waals surface area contributed by atoms with Crippen LogP contribution in [0.4, 0.5) is 14.6 Å². The highest BCUT2D eigenvalue weighted by Gasteiger charge is 2.47. The Labute approximate surface area is 156 Å². The molecule has 3 aromatic rings. The molecule has 1 aliphatic heterocycles. The van der Waals surface area contributed by atoms with Crippen LogP contribution in [0.25, 0.3) is 11.2 Å². The Morgan fingerprint density at radius 1 is 1.14 bits per heavy atom. The predicted molar refractivity (Wildman–Crippen MR) is 90.4 cm³/mol. The second-order valence-electron chi connectivity index (χ2n) is 6.28. The first-order chi connectivity index (χ1) is 13.4. The number of aliphatic hydroxyl groups is 3. The van der Waals surface area contributed by atoms with Crippen molar-refractivity contribution in [2.24, 2.45) is 5.84 Å². The van der Waals surface area contributed by atoms with E-state index in [1.807, 2.05) is 0 Å². The Morgan fingerprint density at radius 3 is 2.64 bits per heavy atom. The van der Waals surface area contributed by atoms with E-state index in [0.29, 0.717) is 5.52 Å². The summed E-state index contributed by atoms with van der Waals surface area (Å²) in [5.74, 6) is 3.40. The number of halogens is 2. The number of rotatable bonds is 4. The number of imidazole rings is 1. The van der Waals surface area contributed by atoms with Crippen molar-refractivity contribution >= 4 is 17.0 Å². The SMILES string of the molecule is NNc1ncnc2c1ncn2[C@@H]1O[C@H](C(O)c2ccc(F)c(F)c2)[C@@H](O)[C@H]1O. The number of hydrazine groups is 1. The summed E-state index contributed by atoms with van der Waals surface area (Å²) in [6.07, 6.45) is -4.41. The molecule has 12 heteroatoms. The Bertz CT molecular complexity index is 1020. The van der Waals surface area contributed by atoms with Gasteiger partial charge in [-0.2, -0.15) is 0 Å². The summed E-state index contributed by atoms with van der Waals surface area (Å²) < 4.78 is 33.6. The Morgan fingerprint density at radius 2 is 1.93 bits per heavy atom. The average Bonchev–Trinajstić information content (AvgIpc) is 3.25. The number of ether oxygens (including phenoxy) is 1. The van der Waals surface area contributed by atoms with Gasteiger partial charge in [-0.3, -0.25) is 4.57 Å². The van der Waals surface area contributed by atoms with Gasteiger partial charge >= 0.3 is 0 Å². The van der Waals surface area contributed by atoms with E-state index in [4.69, 9.17) is 10.6 Å². The van der Waals surface area contributed by atoms with Gasteiger partial charge in [-0.15, -0.1) is 0 Å². The number of aromatic nitrogens is 4. The van der Waals surface area contributed by atoms with E-state index in [9.17, 15) is 24.1 Å². The van der Waals surface area contributed by atoms with Crippen LogP contribution in [-0.4, -0.2) is 53.2 Å². The van der Waals surface area contributed by atoms with Crippen LogP contribution in [0.2, 0.25) is 0 Å². The fraction of sp³-hybridized carbons (Fsp3) is 0.312. The second-order valence-corrected chi connectivity index (χ2v) is 6.28. The average molecular weight is 394 g/mol. The largest absolute Gasteiger partial charge is 0.387 e. The van der Waals surface area contributed by atoms with Gasteiger partial charge < -0.3 is 25.5 Å². The number of hydrogen-bond acceptors (Lipinski definition) is 9. The van der Waals surface area contributed by atoms with Crippen LogP contribution in [0.1, 0.15) is 17.9 Å². The molecule has 1 aromatic carbocycles. The van der Waals surface area contributed by atoms with Crippen molar-refractivity contribution in [1.82, 2.24) is 19.5 Å². The number of nitrogens with two attached hydrogens (primary N) is 1. The minimum Gasteiger partial charge on any atom is -0.387 e. The lowest BCUT2D eigenvalue weighted by molar-refractivity contribution is -0.0850. The van der Waals surface area contributed by atoms with Crippen LogP contribution in [0.3, 0.4) is 0 Å². The van der Waals surface area contributed by atoms with Gasteiger partial charge in [0.1, 0.15) is 30.7 Å². The van der Waals surface area contributed by atoms with Crippen molar-refractivity contribution in [3.05, 3.63) is 48.1 Å². The number of aliphatic hydroxyl groups excluding tert-OH is 3. The molecule has 1 aliphatic rings. The zero-order chi connectivity index (χ0) is 20.0. The van der Waals surface area contributed by atoms with Gasteiger partial charge in [-0.1, -0.05) is 6.07 Å². The van der Waals surface area contributed by atoms with E-state index in [1.54, 1.807) is 0 Å². The third-order valence-electron chi connectivity index (χ3n) is 4.64. The van der Waals surface area contributed by atoms with Crippen LogP contribution in [0, 0.1) is 11.6 Å². The minimum atomic E-state index is -1.52. The van der Waals surface area contributed by atoms with Crippen LogP contribution in [0.5, 0.6) is 0 Å². The fourth-order valence-corrected chi connectivity index (χ4v) is 3.21. The normalized spacial score (nSPS) is 25.9. The molecule has 1 unspecified atom stereocenters. The van der Waals surface area contributed by atoms with Crippen LogP contribution in [-0.2, 0) is 4.74 Å². The van der Waals surface area contributed by atoms with Crippen LogP contribution in [0.15, 0.2) is 30.9 Å². The fourth-order valence-electron chi connectivity index (χ4n) is 3.21. The Balaban J connectivity index is 1.65. The van der Waals surface area contributed by atoms with Gasteiger partial charge in [0, 0.05) is 0 Å². The van der Waals surface area contributed by atoms with Gasteiger partial charge in [0.2, 0.25) is 0 Å². The molecule has 0 aliphatic carbocycles. The smallest absolute Gasteiger partial charge is 0.171 e. The van der Waals surface area contributed by atoms with Crippen molar-refractivity contribution < 1.29 is 28.8 Å². The van der Waals surface area contributed by atoms with Crippen LogP contribution < -0.4 is 11.3 Å². The summed E-state index contributed by atoms with van der Waals surface area (Å²) in [5, 5.41) is 31.3. The van der Waals surface area contributed by atoms with Gasteiger partial charge in [0.25, 0.3) is 0 Å². The van der Waals surface area contributed by atoms with E-state index >= 15 is 0 Å². The third-order valence-corrected chi connectivity index (χ3v) is 4.64. The van der Waals surface area contributed by atoms with Gasteiger partial charge in [0.15, 0.2) is 34.8 Å². The number of fused-ring (bicyclic) bond motifs is 1. The molecule has 1 saturated heterocycles. The van der Waals surface area contributed by atoms with Crippen molar-refractivity contribution in [2.45, 2.75) is 30.6 Å². The summed E-state index contributed by atoms with van der Waals surface area (Å²) in [6.45, 7) is 0. The Hall–Kier alpha value is -2.77. The van der Waals surface area contributed by atoms with Crippen molar-refractivity contribution in [1.29, 1.82) is 0 Å². The van der Waals surface area contributed by atoms with Gasteiger partial charge in [-0.25, -0.2) is 29.6 Å². The highest BCUT2D eigenvalue weighted by molar-refractivity contribution is 5.82. The molecule has 0 bridgehead atoms. The molecule has 6 N–H and O–H groups in total. The summed E-state index contributed by atoms with van der Waals surface area (Å²) in [7, 11) is 0. The topological polar surface area (TPSA) is 152 Å². The first kappa shape index (κ1) is 18.6. The standard InChI is InChI=1S/C16H16F2N6O4/c17-7-2-1-6(3-8(7)18)10(25)13-11(26)12(27)16(28-13)24-5-22-9-14(23-19)20-4-21-15(9)24/h1-5,10-13,16,25-27H,19H2,(H,20,21,23)/t10?,11-,12+,13+,16+/m0/s1. The molecule has 1 fully saturated rings. The number of nitrogens with zero attached hydrogens (tertiary/aromatic N) is 4. The molecule has 10 nitrogen and oxygen atoms in total. The van der Waals surface area contributed by atoms with Crippen molar-refractivity contribution in [3.8, 4) is 0 Å². The van der Waals surface area contributed by atoms with Gasteiger partial charge in [-0.05, 0) is 17.7 Å². The molecular weight excluding hydrogens is 378 g/mol. The molecule has 28 heavy (non-hydrogen) atoms. The first-order valence-corrected chi connectivity index (χ1v) is 8.21. The maximum Gasteiger partial charge on any atom is 0.171 e. The molecule has 0 spiro atoms. The van der Waals surface area contributed by atoms with E-state index in [0.717, 1.165) is 18.2 Å². The molecule has 148 valence electrons. The zero-order valence-electron chi connectivity index (χ0n) is 14.1. The quantitative estimate of drug-likeness (QED) is 0.298. The lowest BCUT2D eigenvalue weighted by atomic mass is 9.99. The number of benzene rings is 1. The van der Waals surface area contributed by atoms with E-state index in [-0.39, 0.29) is 17.0 Å². The molecule has 2 aromatic heterocycles. The number of nitrogen functional groups attached to an aromatic ring is 1. The molecule has 5 atom stereocenters. The molecule has 0 radical (unpaired) electrons. The lowest BCUT2D eigenvalue weighted by Gasteiger charge is -2.21. The number of anilines is 1. The monoisotopic (exact) mass is 394 g/mol. The molecular formula is C16H16F2N6O4. The highest BCUT2D eigenvalue weighted by atomic mass is 19.2. The number of hydrogen-bond donors (Lipinski definition) is 5. The molecule has 0 saturated carbocycles. The maximum atomic E-state index is 13.5. The summed E-state index contributed by atoms with van der Waals surface area (Å²) in [5.41, 5.74) is 2.93.